The first-order valence-corrected chi connectivity index (χ1v) is 8.03. The fourth-order valence-electron chi connectivity index (χ4n) is 3.42. The molecule has 5 heteroatoms. The summed E-state index contributed by atoms with van der Waals surface area (Å²) >= 11 is 0. The quantitative estimate of drug-likeness (QED) is 0.815. The molecular formula is C16H26N2O3. The molecular weight excluding hydrogens is 268 g/mol. The Morgan fingerprint density at radius 3 is 2.86 bits per heavy atom. The van der Waals surface area contributed by atoms with Crippen LogP contribution in [0, 0.1) is 5.92 Å². The molecule has 0 radical (unpaired) electrons. The summed E-state index contributed by atoms with van der Waals surface area (Å²) in [5.74, 6) is -0.397. The average Bonchev–Trinajstić information content (AvgIpc) is 2.93. The number of rotatable bonds is 6. The Balaban J connectivity index is 1.87. The van der Waals surface area contributed by atoms with Gasteiger partial charge in [-0.15, -0.1) is 0 Å². The SMILES string of the molecule is CCN(C(=O)CN1CCCC(CC(=O)O)C1)C1=CCCC1. The number of hydrogen-bond acceptors (Lipinski definition) is 3. The smallest absolute Gasteiger partial charge is 0.303 e. The summed E-state index contributed by atoms with van der Waals surface area (Å²) in [5, 5.41) is 8.90. The van der Waals surface area contributed by atoms with Crippen molar-refractivity contribution in [3.8, 4) is 0 Å². The standard InChI is InChI=1S/C16H26N2O3/c1-2-18(14-7-3-4-8-14)15(19)12-17-9-5-6-13(11-17)10-16(20)21/h7,13H,2-6,8-12H2,1H3,(H,20,21). The average molecular weight is 294 g/mol. The third-order valence-corrected chi connectivity index (χ3v) is 4.41. The number of carbonyl (C=O) groups excluding carboxylic acids is 1. The Hall–Kier alpha value is -1.36. The van der Waals surface area contributed by atoms with Gasteiger partial charge >= 0.3 is 5.97 Å². The van der Waals surface area contributed by atoms with E-state index >= 15 is 0 Å². The van der Waals surface area contributed by atoms with Gasteiger partial charge in [-0.05, 0) is 51.5 Å². The minimum absolute atomic E-state index is 0.154. The van der Waals surface area contributed by atoms with Crippen LogP contribution >= 0.6 is 0 Å². The molecule has 1 aliphatic heterocycles. The number of amides is 1. The molecule has 1 N–H and O–H groups in total. The third-order valence-electron chi connectivity index (χ3n) is 4.41. The predicted molar refractivity (Wildman–Crippen MR) is 80.7 cm³/mol. The highest BCUT2D eigenvalue weighted by Crippen LogP contribution is 2.23. The van der Waals surface area contributed by atoms with Crippen LogP contribution in [0.1, 0.15) is 45.4 Å². The lowest BCUT2D eigenvalue weighted by Gasteiger charge is -2.33. The normalized spacial score (nSPS) is 22.9. The van der Waals surface area contributed by atoms with Gasteiger partial charge in [0, 0.05) is 25.2 Å². The predicted octanol–water partition coefficient (Wildman–Crippen LogP) is 2.09. The lowest BCUT2D eigenvalue weighted by molar-refractivity contribution is -0.138. The second-order valence-electron chi connectivity index (χ2n) is 6.07. The highest BCUT2D eigenvalue weighted by molar-refractivity contribution is 5.80. The van der Waals surface area contributed by atoms with Gasteiger partial charge < -0.3 is 10.0 Å². The van der Waals surface area contributed by atoms with E-state index in [0.717, 1.165) is 51.7 Å². The summed E-state index contributed by atoms with van der Waals surface area (Å²) in [6.07, 6.45) is 7.55. The minimum atomic E-state index is -0.737. The number of aliphatic carboxylic acids is 1. The molecule has 0 aromatic carbocycles. The number of hydrogen-bond donors (Lipinski definition) is 1. The van der Waals surface area contributed by atoms with Gasteiger partial charge in [0.2, 0.25) is 5.91 Å². The maximum atomic E-state index is 12.5. The first-order chi connectivity index (χ1) is 10.1. The Morgan fingerprint density at radius 1 is 1.43 bits per heavy atom. The summed E-state index contributed by atoms with van der Waals surface area (Å²) in [6, 6.07) is 0. The lowest BCUT2D eigenvalue weighted by atomic mass is 9.95. The van der Waals surface area contributed by atoms with Crippen molar-refractivity contribution in [1.29, 1.82) is 0 Å². The Bertz CT molecular complexity index is 420. The van der Waals surface area contributed by atoms with Gasteiger partial charge in [0.1, 0.15) is 0 Å². The zero-order chi connectivity index (χ0) is 15.2. The molecule has 0 aromatic rings. The van der Waals surface area contributed by atoms with Crippen molar-refractivity contribution in [2.45, 2.75) is 45.4 Å². The molecule has 1 amide bonds. The first kappa shape index (κ1) is 16.0. The first-order valence-electron chi connectivity index (χ1n) is 8.03. The molecule has 1 fully saturated rings. The van der Waals surface area contributed by atoms with Gasteiger partial charge in [0.25, 0.3) is 0 Å². The monoisotopic (exact) mass is 294 g/mol. The van der Waals surface area contributed by atoms with Gasteiger partial charge in [-0.3, -0.25) is 14.5 Å². The lowest BCUT2D eigenvalue weighted by Crippen LogP contribution is -2.44. The van der Waals surface area contributed by atoms with E-state index in [-0.39, 0.29) is 18.2 Å². The molecule has 0 bridgehead atoms. The highest BCUT2D eigenvalue weighted by atomic mass is 16.4. The van der Waals surface area contributed by atoms with Crippen molar-refractivity contribution < 1.29 is 14.7 Å². The number of likely N-dealkylation sites (N-methyl/N-ethyl adjacent to an activating group) is 1. The fraction of sp³-hybridized carbons (Fsp3) is 0.750. The van der Waals surface area contributed by atoms with Crippen LogP contribution in [-0.2, 0) is 9.59 Å². The molecule has 1 saturated heterocycles. The molecule has 0 aromatic heterocycles. The van der Waals surface area contributed by atoms with E-state index in [1.165, 1.54) is 5.70 Å². The van der Waals surface area contributed by atoms with E-state index in [9.17, 15) is 9.59 Å². The molecule has 0 spiro atoms. The van der Waals surface area contributed by atoms with Crippen molar-refractivity contribution in [2.24, 2.45) is 5.92 Å². The zero-order valence-electron chi connectivity index (χ0n) is 12.9. The molecule has 118 valence electrons. The second kappa shape index (κ2) is 7.59. The molecule has 1 aliphatic carbocycles. The Kier molecular flexibility index (Phi) is 5.79. The summed E-state index contributed by atoms with van der Waals surface area (Å²) < 4.78 is 0. The summed E-state index contributed by atoms with van der Waals surface area (Å²) in [5.41, 5.74) is 1.17. The molecule has 0 saturated carbocycles. The van der Waals surface area contributed by atoms with E-state index in [2.05, 4.69) is 11.0 Å². The van der Waals surface area contributed by atoms with Crippen LogP contribution in [0.2, 0.25) is 0 Å². The van der Waals surface area contributed by atoms with Crippen LogP contribution < -0.4 is 0 Å². The van der Waals surface area contributed by atoms with Crippen molar-refractivity contribution in [3.05, 3.63) is 11.8 Å². The van der Waals surface area contributed by atoms with Crippen LogP contribution in [-0.4, -0.2) is 53.0 Å². The van der Waals surface area contributed by atoms with Gasteiger partial charge in [-0.2, -0.15) is 0 Å². The van der Waals surface area contributed by atoms with Crippen molar-refractivity contribution in [3.63, 3.8) is 0 Å². The Morgan fingerprint density at radius 2 is 2.24 bits per heavy atom. The zero-order valence-corrected chi connectivity index (χ0v) is 12.9. The number of carboxylic acids is 1. The number of nitrogens with zero attached hydrogens (tertiary/aromatic N) is 2. The summed E-state index contributed by atoms with van der Waals surface area (Å²) in [4.78, 5) is 27.3. The van der Waals surface area contributed by atoms with Crippen LogP contribution in [0.25, 0.3) is 0 Å². The topological polar surface area (TPSA) is 60.9 Å². The number of carboxylic acid groups (broad SMARTS) is 1. The molecule has 1 atom stereocenters. The number of carbonyl (C=O) groups is 2. The number of allylic oxidation sites excluding steroid dienone is 2. The molecule has 1 unspecified atom stereocenters. The molecule has 2 aliphatic rings. The van der Waals surface area contributed by atoms with Gasteiger partial charge in [0.15, 0.2) is 0 Å². The summed E-state index contributed by atoms with van der Waals surface area (Å²) in [7, 11) is 0. The Labute approximate surface area is 126 Å². The molecule has 2 rings (SSSR count). The minimum Gasteiger partial charge on any atom is -0.481 e. The third kappa shape index (κ3) is 4.56. The van der Waals surface area contributed by atoms with Gasteiger partial charge in [0.05, 0.1) is 6.54 Å². The van der Waals surface area contributed by atoms with Crippen molar-refractivity contribution in [1.82, 2.24) is 9.80 Å². The van der Waals surface area contributed by atoms with E-state index < -0.39 is 5.97 Å². The van der Waals surface area contributed by atoms with Crippen molar-refractivity contribution in [2.75, 3.05) is 26.2 Å². The van der Waals surface area contributed by atoms with Gasteiger partial charge in [-0.1, -0.05) is 6.08 Å². The van der Waals surface area contributed by atoms with Crippen molar-refractivity contribution >= 4 is 11.9 Å². The van der Waals surface area contributed by atoms with E-state index in [0.29, 0.717) is 6.54 Å². The molecule has 21 heavy (non-hydrogen) atoms. The second-order valence-corrected chi connectivity index (χ2v) is 6.07. The maximum Gasteiger partial charge on any atom is 0.303 e. The van der Waals surface area contributed by atoms with Crippen LogP contribution in [0.3, 0.4) is 0 Å². The molecule has 5 nitrogen and oxygen atoms in total. The van der Waals surface area contributed by atoms with Crippen LogP contribution in [0.4, 0.5) is 0 Å². The van der Waals surface area contributed by atoms with E-state index in [1.54, 1.807) is 0 Å². The largest absolute Gasteiger partial charge is 0.481 e. The number of piperidine rings is 1. The fourth-order valence-corrected chi connectivity index (χ4v) is 3.42. The van der Waals surface area contributed by atoms with Crippen LogP contribution in [0.5, 0.6) is 0 Å². The van der Waals surface area contributed by atoms with E-state index in [1.807, 2.05) is 11.8 Å². The van der Waals surface area contributed by atoms with E-state index in [4.69, 9.17) is 5.11 Å². The summed E-state index contributed by atoms with van der Waals surface area (Å²) in [6.45, 7) is 4.78. The molecule has 1 heterocycles. The highest BCUT2D eigenvalue weighted by Gasteiger charge is 2.26. The van der Waals surface area contributed by atoms with Gasteiger partial charge in [-0.25, -0.2) is 0 Å². The maximum absolute atomic E-state index is 12.5. The van der Waals surface area contributed by atoms with Crippen LogP contribution in [0.15, 0.2) is 11.8 Å². The number of likely N-dealkylation sites (tertiary alicyclic amines) is 1.